The van der Waals surface area contributed by atoms with Gasteiger partial charge in [-0.2, -0.15) is 0 Å². The van der Waals surface area contributed by atoms with Crippen LogP contribution in [-0.4, -0.2) is 38.2 Å². The lowest BCUT2D eigenvalue weighted by atomic mass is 10.0. The van der Waals surface area contributed by atoms with Crippen LogP contribution in [0, 0.1) is 5.92 Å². The highest BCUT2D eigenvalue weighted by Gasteiger charge is 2.21. The maximum absolute atomic E-state index is 6.07. The molecule has 1 N–H and O–H groups in total. The van der Waals surface area contributed by atoms with Gasteiger partial charge >= 0.3 is 0 Å². The van der Waals surface area contributed by atoms with E-state index in [0.29, 0.717) is 5.92 Å². The van der Waals surface area contributed by atoms with E-state index in [2.05, 4.69) is 35.5 Å². The lowest BCUT2D eigenvalue weighted by Gasteiger charge is -2.21. The number of fused-ring (bicyclic) bond motifs is 1. The van der Waals surface area contributed by atoms with E-state index >= 15 is 0 Å². The molecular formula is C15H22N2O. The number of ether oxygens (including phenoxy) is 1. The highest BCUT2D eigenvalue weighted by Crippen LogP contribution is 2.26. The molecule has 2 aliphatic rings. The van der Waals surface area contributed by atoms with Crippen LogP contribution in [0.1, 0.15) is 17.5 Å². The van der Waals surface area contributed by atoms with Crippen LogP contribution in [0.15, 0.2) is 18.2 Å². The first-order valence-electron chi connectivity index (χ1n) is 6.96. The van der Waals surface area contributed by atoms with Gasteiger partial charge in [0.1, 0.15) is 5.75 Å². The van der Waals surface area contributed by atoms with Crippen molar-refractivity contribution >= 4 is 0 Å². The predicted molar refractivity (Wildman–Crippen MR) is 73.0 cm³/mol. The van der Waals surface area contributed by atoms with E-state index in [-0.39, 0.29) is 0 Å². The molecule has 1 unspecified atom stereocenters. The molecule has 1 saturated heterocycles. The van der Waals surface area contributed by atoms with Crippen LogP contribution in [-0.2, 0) is 13.0 Å². The summed E-state index contributed by atoms with van der Waals surface area (Å²) in [5.41, 5.74) is 2.82. The molecule has 1 aromatic rings. The first kappa shape index (κ1) is 12.0. The van der Waals surface area contributed by atoms with Crippen LogP contribution < -0.4 is 10.1 Å². The van der Waals surface area contributed by atoms with Crippen molar-refractivity contribution in [2.45, 2.75) is 19.4 Å². The average Bonchev–Trinajstić information content (AvgIpc) is 2.82. The quantitative estimate of drug-likeness (QED) is 0.878. The molecule has 0 aromatic heterocycles. The second kappa shape index (κ2) is 5.29. The molecular weight excluding hydrogens is 224 g/mol. The van der Waals surface area contributed by atoms with Crippen LogP contribution in [0.5, 0.6) is 5.75 Å². The number of hydrogen-bond acceptors (Lipinski definition) is 3. The Morgan fingerprint density at radius 1 is 1.44 bits per heavy atom. The van der Waals surface area contributed by atoms with E-state index in [1.165, 1.54) is 30.6 Å². The van der Waals surface area contributed by atoms with E-state index < -0.39 is 0 Å². The third kappa shape index (κ3) is 2.52. The number of benzene rings is 1. The highest BCUT2D eigenvalue weighted by molar-refractivity contribution is 5.41. The molecule has 0 spiro atoms. The molecule has 0 bridgehead atoms. The Labute approximate surface area is 109 Å². The van der Waals surface area contributed by atoms with Crippen molar-refractivity contribution in [3.05, 3.63) is 29.3 Å². The van der Waals surface area contributed by atoms with Gasteiger partial charge in [0, 0.05) is 24.6 Å². The second-order valence-electron chi connectivity index (χ2n) is 5.55. The Balaban J connectivity index is 1.65. The van der Waals surface area contributed by atoms with Crippen molar-refractivity contribution in [2.75, 3.05) is 33.3 Å². The van der Waals surface area contributed by atoms with Gasteiger partial charge in [0.05, 0.1) is 6.61 Å². The van der Waals surface area contributed by atoms with Crippen LogP contribution in [0.2, 0.25) is 0 Å². The van der Waals surface area contributed by atoms with Gasteiger partial charge in [-0.25, -0.2) is 0 Å². The lowest BCUT2D eigenvalue weighted by Crippen LogP contribution is -2.25. The van der Waals surface area contributed by atoms with Crippen molar-refractivity contribution in [3.8, 4) is 5.75 Å². The monoisotopic (exact) mass is 246 g/mol. The van der Waals surface area contributed by atoms with Gasteiger partial charge in [0.25, 0.3) is 0 Å². The summed E-state index contributed by atoms with van der Waals surface area (Å²) >= 11 is 0. The van der Waals surface area contributed by atoms with Crippen molar-refractivity contribution < 1.29 is 4.74 Å². The first-order chi connectivity index (χ1) is 8.83. The number of rotatable bonds is 3. The summed E-state index contributed by atoms with van der Waals surface area (Å²) in [5, 5.41) is 3.43. The van der Waals surface area contributed by atoms with Crippen molar-refractivity contribution in [2.24, 2.45) is 5.92 Å². The fraction of sp³-hybridized carbons (Fsp3) is 0.600. The van der Waals surface area contributed by atoms with E-state index in [1.54, 1.807) is 0 Å². The van der Waals surface area contributed by atoms with Gasteiger partial charge < -0.3 is 15.0 Å². The summed E-state index contributed by atoms with van der Waals surface area (Å²) in [4.78, 5) is 2.38. The third-order valence-corrected chi connectivity index (χ3v) is 4.07. The number of likely N-dealkylation sites (tertiary alicyclic amines) is 1. The normalized spacial score (nSPS) is 23.9. The van der Waals surface area contributed by atoms with Crippen molar-refractivity contribution in [1.82, 2.24) is 10.2 Å². The molecule has 3 nitrogen and oxygen atoms in total. The van der Waals surface area contributed by atoms with Crippen molar-refractivity contribution in [3.63, 3.8) is 0 Å². The fourth-order valence-corrected chi connectivity index (χ4v) is 2.99. The number of nitrogens with one attached hydrogen (secondary N) is 1. The van der Waals surface area contributed by atoms with Crippen LogP contribution in [0.25, 0.3) is 0 Å². The average molecular weight is 246 g/mol. The smallest absolute Gasteiger partial charge is 0.124 e. The molecule has 0 aliphatic carbocycles. The number of nitrogens with zero attached hydrogens (tertiary/aromatic N) is 1. The van der Waals surface area contributed by atoms with Crippen LogP contribution in [0.3, 0.4) is 0 Å². The minimum atomic E-state index is 0.697. The van der Waals surface area contributed by atoms with Gasteiger partial charge in [-0.3, -0.25) is 0 Å². The molecule has 1 atom stereocenters. The molecule has 18 heavy (non-hydrogen) atoms. The Morgan fingerprint density at radius 3 is 3.22 bits per heavy atom. The number of hydrogen-bond donors (Lipinski definition) is 1. The van der Waals surface area contributed by atoms with Crippen LogP contribution in [0.4, 0.5) is 0 Å². The maximum atomic E-state index is 6.07. The van der Waals surface area contributed by atoms with Gasteiger partial charge in [-0.15, -0.1) is 0 Å². The molecule has 1 aromatic carbocycles. The minimum Gasteiger partial charge on any atom is -0.493 e. The Morgan fingerprint density at radius 2 is 2.39 bits per heavy atom. The topological polar surface area (TPSA) is 24.5 Å². The van der Waals surface area contributed by atoms with Crippen LogP contribution >= 0.6 is 0 Å². The molecule has 2 aliphatic heterocycles. The molecule has 3 heteroatoms. The minimum absolute atomic E-state index is 0.697. The summed E-state index contributed by atoms with van der Waals surface area (Å²) in [6.07, 6.45) is 2.39. The second-order valence-corrected chi connectivity index (χ2v) is 5.55. The Hall–Kier alpha value is -1.06. The lowest BCUT2D eigenvalue weighted by molar-refractivity contribution is 0.246. The zero-order valence-electron chi connectivity index (χ0n) is 11.1. The largest absolute Gasteiger partial charge is 0.493 e. The highest BCUT2D eigenvalue weighted by atomic mass is 16.5. The fourth-order valence-electron chi connectivity index (χ4n) is 2.99. The zero-order chi connectivity index (χ0) is 12.4. The third-order valence-electron chi connectivity index (χ3n) is 4.07. The molecule has 98 valence electrons. The molecule has 2 heterocycles. The van der Waals surface area contributed by atoms with Gasteiger partial charge in [-0.1, -0.05) is 12.1 Å². The maximum Gasteiger partial charge on any atom is 0.124 e. The molecule has 1 fully saturated rings. The van der Waals surface area contributed by atoms with Gasteiger partial charge in [0.2, 0.25) is 0 Å². The molecule has 0 saturated carbocycles. The summed E-state index contributed by atoms with van der Waals surface area (Å²) < 4.78 is 6.07. The van der Waals surface area contributed by atoms with Gasteiger partial charge in [0.15, 0.2) is 0 Å². The Kier molecular flexibility index (Phi) is 3.52. The van der Waals surface area contributed by atoms with E-state index in [4.69, 9.17) is 4.74 Å². The van der Waals surface area contributed by atoms with E-state index in [0.717, 1.165) is 31.9 Å². The molecule has 3 rings (SSSR count). The Bertz CT molecular complexity index is 419. The predicted octanol–water partition coefficient (Wildman–Crippen LogP) is 1.66. The SMILES string of the molecule is CN1CCC(COc2cccc3c2CNCC3)C1. The van der Waals surface area contributed by atoms with Crippen molar-refractivity contribution in [1.29, 1.82) is 0 Å². The van der Waals surface area contributed by atoms with E-state index in [9.17, 15) is 0 Å². The van der Waals surface area contributed by atoms with E-state index in [1.807, 2.05) is 0 Å². The molecule has 0 amide bonds. The zero-order valence-corrected chi connectivity index (χ0v) is 11.1. The summed E-state index contributed by atoms with van der Waals surface area (Å²) in [5.74, 6) is 1.79. The summed E-state index contributed by atoms with van der Waals surface area (Å²) in [6.45, 7) is 5.29. The standard InChI is InChI=1S/C15H22N2O/c1-17-8-6-12(10-17)11-18-15-4-2-3-13-5-7-16-9-14(13)15/h2-4,12,16H,5-11H2,1H3. The van der Waals surface area contributed by atoms with Gasteiger partial charge in [-0.05, 0) is 44.6 Å². The first-order valence-corrected chi connectivity index (χ1v) is 6.96. The summed E-state index contributed by atoms with van der Waals surface area (Å²) in [6, 6.07) is 6.47. The summed E-state index contributed by atoms with van der Waals surface area (Å²) in [7, 11) is 2.19. The molecule has 0 radical (unpaired) electrons.